The zero-order chi connectivity index (χ0) is 21.8. The number of nitrogens with two attached hydrogens (primary N) is 1. The summed E-state index contributed by atoms with van der Waals surface area (Å²) in [7, 11) is 0. The van der Waals surface area contributed by atoms with Crippen molar-refractivity contribution in [3.63, 3.8) is 0 Å². The fourth-order valence-corrected chi connectivity index (χ4v) is 4.86. The number of anilines is 1. The van der Waals surface area contributed by atoms with Crippen LogP contribution in [-0.4, -0.2) is 22.8 Å². The van der Waals surface area contributed by atoms with Gasteiger partial charge in [-0.1, -0.05) is 41.1 Å². The molecule has 1 heterocycles. The number of benzene rings is 2. The highest BCUT2D eigenvalue weighted by Gasteiger charge is 2.27. The summed E-state index contributed by atoms with van der Waals surface area (Å²) >= 11 is 8.70. The maximum atomic E-state index is 14.6. The second kappa shape index (κ2) is 9.95. The van der Waals surface area contributed by atoms with Gasteiger partial charge in [-0.25, -0.2) is 8.78 Å². The van der Waals surface area contributed by atoms with E-state index in [1.807, 2.05) is 0 Å². The first-order valence-electron chi connectivity index (χ1n) is 9.53. The van der Waals surface area contributed by atoms with Gasteiger partial charge in [-0.3, -0.25) is 4.72 Å². The van der Waals surface area contributed by atoms with Crippen molar-refractivity contribution in [2.45, 2.75) is 23.8 Å². The van der Waals surface area contributed by atoms with Crippen molar-refractivity contribution in [2.24, 2.45) is 11.7 Å². The molecule has 3 N–H and O–H groups in total. The van der Waals surface area contributed by atoms with Crippen LogP contribution >= 0.6 is 34.9 Å². The monoisotopic (exact) mass is 480 g/mol. The summed E-state index contributed by atoms with van der Waals surface area (Å²) in [5, 5.41) is 8.41. The highest BCUT2D eigenvalue weighted by Crippen LogP contribution is 2.36. The van der Waals surface area contributed by atoms with Crippen molar-refractivity contribution in [1.29, 1.82) is 0 Å². The standard InChI is InChI=1S/C21H19ClF2N4OS2/c22-16-8-20(31-28-21-27-26-11-30-21)17(24)9-19(16)29-10-15-14(2-1-3-18(15)25)12-4-6-13(23)7-5-12/h2,4-9,11,15,18H,1,3,10,25H2,(H,27,28). The van der Waals surface area contributed by atoms with Gasteiger partial charge in [0.1, 0.15) is 22.9 Å². The van der Waals surface area contributed by atoms with E-state index in [1.54, 1.807) is 17.6 Å². The molecule has 0 saturated carbocycles. The molecule has 0 bridgehead atoms. The van der Waals surface area contributed by atoms with Crippen molar-refractivity contribution in [1.82, 2.24) is 10.2 Å². The van der Waals surface area contributed by atoms with Crippen molar-refractivity contribution < 1.29 is 13.5 Å². The number of hydrogen-bond donors (Lipinski definition) is 2. The van der Waals surface area contributed by atoms with Crippen LogP contribution in [0.15, 0.2) is 52.9 Å². The summed E-state index contributed by atoms with van der Waals surface area (Å²) < 4.78 is 36.7. The Kier molecular flexibility index (Phi) is 7.06. The summed E-state index contributed by atoms with van der Waals surface area (Å²) in [5.74, 6) is -0.635. The van der Waals surface area contributed by atoms with Crippen molar-refractivity contribution in [2.75, 3.05) is 11.3 Å². The summed E-state index contributed by atoms with van der Waals surface area (Å²) in [5.41, 5.74) is 9.84. The lowest BCUT2D eigenvalue weighted by molar-refractivity contribution is 0.252. The Labute approximate surface area is 191 Å². The number of nitrogens with zero attached hydrogens (tertiary/aromatic N) is 2. The van der Waals surface area contributed by atoms with Crippen LogP contribution in [0.3, 0.4) is 0 Å². The third-order valence-corrected chi connectivity index (χ3v) is 6.83. The molecule has 0 aliphatic heterocycles. The largest absolute Gasteiger partial charge is 0.491 e. The lowest BCUT2D eigenvalue weighted by Gasteiger charge is -2.30. The van der Waals surface area contributed by atoms with Crippen LogP contribution in [0.1, 0.15) is 18.4 Å². The van der Waals surface area contributed by atoms with Gasteiger partial charge in [0.15, 0.2) is 0 Å². The number of nitrogens with one attached hydrogen (secondary N) is 1. The molecule has 5 nitrogen and oxygen atoms in total. The molecule has 10 heteroatoms. The molecule has 1 aliphatic carbocycles. The van der Waals surface area contributed by atoms with Gasteiger partial charge in [-0.15, -0.1) is 10.2 Å². The van der Waals surface area contributed by atoms with Gasteiger partial charge in [0.2, 0.25) is 5.13 Å². The maximum absolute atomic E-state index is 14.6. The van der Waals surface area contributed by atoms with Crippen molar-refractivity contribution in [3.05, 3.63) is 70.2 Å². The first-order chi connectivity index (χ1) is 15.0. The second-order valence-corrected chi connectivity index (χ2v) is 9.07. The van der Waals surface area contributed by atoms with Gasteiger partial charge >= 0.3 is 0 Å². The van der Waals surface area contributed by atoms with Gasteiger partial charge in [0.25, 0.3) is 0 Å². The SMILES string of the molecule is NC1CCC=C(c2ccc(F)cc2)C1COc1cc(F)c(SNc2nncs2)cc1Cl. The van der Waals surface area contributed by atoms with Gasteiger partial charge < -0.3 is 10.5 Å². The van der Waals surface area contributed by atoms with Crippen molar-refractivity contribution >= 4 is 45.6 Å². The number of halogens is 3. The highest BCUT2D eigenvalue weighted by molar-refractivity contribution is 8.00. The minimum atomic E-state index is -0.469. The third kappa shape index (κ3) is 5.35. The fraction of sp³-hybridized carbons (Fsp3) is 0.238. The minimum absolute atomic E-state index is 0.119. The van der Waals surface area contributed by atoms with Crippen LogP contribution in [0, 0.1) is 17.6 Å². The quantitative estimate of drug-likeness (QED) is 0.417. The Morgan fingerprint density at radius 1 is 1.26 bits per heavy atom. The molecule has 2 atom stereocenters. The topological polar surface area (TPSA) is 73.1 Å². The Balaban J connectivity index is 1.46. The molecule has 2 aromatic carbocycles. The Morgan fingerprint density at radius 2 is 2.06 bits per heavy atom. The molecule has 2 unspecified atom stereocenters. The molecule has 0 fully saturated rings. The van der Waals surface area contributed by atoms with Gasteiger partial charge in [-0.2, -0.15) is 0 Å². The zero-order valence-electron chi connectivity index (χ0n) is 16.2. The molecule has 162 valence electrons. The normalized spacial score (nSPS) is 18.5. The molecule has 0 saturated heterocycles. The zero-order valence-corrected chi connectivity index (χ0v) is 18.6. The van der Waals surface area contributed by atoms with E-state index >= 15 is 0 Å². The molecule has 0 amide bonds. The minimum Gasteiger partial charge on any atom is -0.491 e. The van der Waals surface area contributed by atoms with E-state index < -0.39 is 5.82 Å². The molecule has 4 rings (SSSR count). The molecule has 0 radical (unpaired) electrons. The number of allylic oxidation sites excluding steroid dienone is 1. The fourth-order valence-electron chi connectivity index (χ4n) is 3.40. The van der Waals surface area contributed by atoms with Crippen LogP contribution in [0.25, 0.3) is 5.57 Å². The molecule has 1 aliphatic rings. The number of aromatic nitrogens is 2. The average molecular weight is 481 g/mol. The molecular weight excluding hydrogens is 462 g/mol. The summed E-state index contributed by atoms with van der Waals surface area (Å²) in [6, 6.07) is 8.95. The van der Waals surface area contributed by atoms with Gasteiger partial charge in [0, 0.05) is 18.0 Å². The Hall–Kier alpha value is -2.20. The second-order valence-electron chi connectivity index (χ2n) is 6.99. The van der Waals surface area contributed by atoms with Crippen molar-refractivity contribution in [3.8, 4) is 5.75 Å². The smallest absolute Gasteiger partial charge is 0.215 e. The molecule has 3 aromatic rings. The van der Waals surface area contributed by atoms with Gasteiger partial charge in [0.05, 0.1) is 16.5 Å². The van der Waals surface area contributed by atoms with E-state index in [0.717, 1.165) is 35.9 Å². The first-order valence-corrected chi connectivity index (χ1v) is 11.6. The Bertz CT molecular complexity index is 1060. The predicted molar refractivity (Wildman–Crippen MR) is 121 cm³/mol. The third-order valence-electron chi connectivity index (χ3n) is 4.97. The molecule has 31 heavy (non-hydrogen) atoms. The predicted octanol–water partition coefficient (Wildman–Crippen LogP) is 5.79. The van der Waals surface area contributed by atoms with E-state index in [2.05, 4.69) is 21.0 Å². The van der Waals surface area contributed by atoms with Crippen LogP contribution in [0.5, 0.6) is 5.75 Å². The van der Waals surface area contributed by atoms with E-state index in [9.17, 15) is 8.78 Å². The lowest BCUT2D eigenvalue weighted by Crippen LogP contribution is -2.36. The molecule has 1 aromatic heterocycles. The molecular formula is C21H19ClF2N4OS2. The molecule has 0 spiro atoms. The Morgan fingerprint density at radius 3 is 2.81 bits per heavy atom. The van der Waals surface area contributed by atoms with Crippen LogP contribution in [0.2, 0.25) is 5.02 Å². The first kappa shape index (κ1) is 22.0. The van der Waals surface area contributed by atoms with E-state index in [-0.39, 0.29) is 30.1 Å². The van der Waals surface area contributed by atoms with Gasteiger partial charge in [-0.05, 0) is 54.1 Å². The summed E-state index contributed by atoms with van der Waals surface area (Å²) in [4.78, 5) is 0.314. The highest BCUT2D eigenvalue weighted by atomic mass is 35.5. The summed E-state index contributed by atoms with van der Waals surface area (Å²) in [6.45, 7) is 0.235. The van der Waals surface area contributed by atoms with Crippen LogP contribution in [0.4, 0.5) is 13.9 Å². The van der Waals surface area contributed by atoms with E-state index in [1.165, 1.54) is 35.6 Å². The van der Waals surface area contributed by atoms with Crippen LogP contribution < -0.4 is 15.2 Å². The maximum Gasteiger partial charge on any atom is 0.215 e. The van der Waals surface area contributed by atoms with E-state index in [0.29, 0.717) is 15.0 Å². The number of rotatable bonds is 7. The lowest BCUT2D eigenvalue weighted by atomic mass is 9.81. The van der Waals surface area contributed by atoms with E-state index in [4.69, 9.17) is 22.1 Å². The van der Waals surface area contributed by atoms with Crippen LogP contribution in [-0.2, 0) is 0 Å². The number of ether oxygens (including phenoxy) is 1. The average Bonchev–Trinajstić information content (AvgIpc) is 3.28. The summed E-state index contributed by atoms with van der Waals surface area (Å²) in [6.07, 6.45) is 3.76. The number of hydrogen-bond acceptors (Lipinski definition) is 7.